The van der Waals surface area contributed by atoms with Gasteiger partial charge in [0.25, 0.3) is 5.91 Å². The van der Waals surface area contributed by atoms with Crippen molar-refractivity contribution < 1.29 is 22.8 Å². The smallest absolute Gasteiger partial charge is 0.334 e. The normalized spacial score (nSPS) is 22.1. The molecule has 2 unspecified atom stereocenters. The van der Waals surface area contributed by atoms with E-state index >= 15 is 0 Å². The summed E-state index contributed by atoms with van der Waals surface area (Å²) >= 11 is 18.6. The Morgan fingerprint density at radius 1 is 1.09 bits per heavy atom. The van der Waals surface area contributed by atoms with E-state index in [0.29, 0.717) is 18.4 Å². The Balaban J connectivity index is 1.48. The highest BCUT2D eigenvalue weighted by atomic mass is 35.5. The quantitative estimate of drug-likeness (QED) is 0.502. The number of nitrogens with one attached hydrogen (secondary N) is 2. The van der Waals surface area contributed by atoms with Crippen LogP contribution in [0.1, 0.15) is 40.2 Å². The monoisotopic (exact) mass is 515 g/mol. The molecule has 0 aliphatic heterocycles. The van der Waals surface area contributed by atoms with Crippen LogP contribution in [0.4, 0.5) is 18.9 Å². The molecule has 0 aromatic heterocycles. The molecule has 2 saturated carbocycles. The van der Waals surface area contributed by atoms with Gasteiger partial charge in [-0.2, -0.15) is 18.4 Å². The van der Waals surface area contributed by atoms with E-state index in [9.17, 15) is 22.8 Å². The number of hydrogen-bond donors (Lipinski definition) is 2. The first-order chi connectivity index (χ1) is 15.4. The zero-order chi connectivity index (χ0) is 24.2. The summed E-state index contributed by atoms with van der Waals surface area (Å²) < 4.78 is 36.9. The SMILES string of the molecule is N#CC1(NC(=O)c2cc(NC(=O)C3C(c4ccc(C(F)(F)F)cc4)C3(Cl)Cl)ccc2Cl)CC1. The van der Waals surface area contributed by atoms with E-state index < -0.39 is 45.3 Å². The molecule has 0 bridgehead atoms. The number of nitriles is 1. The van der Waals surface area contributed by atoms with Gasteiger partial charge in [-0.1, -0.05) is 23.7 Å². The van der Waals surface area contributed by atoms with Crippen molar-refractivity contribution >= 4 is 52.3 Å². The third-order valence-electron chi connectivity index (χ3n) is 5.73. The predicted molar refractivity (Wildman–Crippen MR) is 117 cm³/mol. The zero-order valence-corrected chi connectivity index (χ0v) is 18.9. The fourth-order valence-electron chi connectivity index (χ4n) is 3.62. The molecule has 2 N–H and O–H groups in total. The van der Waals surface area contributed by atoms with Gasteiger partial charge in [-0.05, 0) is 48.7 Å². The molecule has 33 heavy (non-hydrogen) atoms. The van der Waals surface area contributed by atoms with Gasteiger partial charge in [0.2, 0.25) is 5.91 Å². The second-order valence-corrected chi connectivity index (χ2v) is 9.93. The molecule has 2 aliphatic carbocycles. The van der Waals surface area contributed by atoms with Crippen LogP contribution in [0.25, 0.3) is 0 Å². The summed E-state index contributed by atoms with van der Waals surface area (Å²) in [6.07, 6.45) is -3.39. The van der Waals surface area contributed by atoms with Crippen molar-refractivity contribution in [2.45, 2.75) is 34.8 Å². The molecule has 11 heteroatoms. The van der Waals surface area contributed by atoms with Crippen LogP contribution in [0.2, 0.25) is 5.02 Å². The maximum Gasteiger partial charge on any atom is 0.416 e. The van der Waals surface area contributed by atoms with Crippen molar-refractivity contribution in [2.24, 2.45) is 5.92 Å². The van der Waals surface area contributed by atoms with Crippen molar-refractivity contribution in [1.82, 2.24) is 5.32 Å². The van der Waals surface area contributed by atoms with E-state index in [4.69, 9.17) is 40.1 Å². The van der Waals surface area contributed by atoms with Gasteiger partial charge in [0.1, 0.15) is 9.87 Å². The molecule has 2 atom stereocenters. The zero-order valence-electron chi connectivity index (χ0n) is 16.6. The van der Waals surface area contributed by atoms with Gasteiger partial charge in [0, 0.05) is 11.6 Å². The number of amides is 2. The summed E-state index contributed by atoms with van der Waals surface area (Å²) in [7, 11) is 0. The summed E-state index contributed by atoms with van der Waals surface area (Å²) in [5, 5.41) is 14.5. The first-order valence-corrected chi connectivity index (χ1v) is 10.9. The number of nitrogens with zero attached hydrogens (tertiary/aromatic N) is 1. The van der Waals surface area contributed by atoms with Gasteiger partial charge in [0.05, 0.1) is 28.1 Å². The van der Waals surface area contributed by atoms with Gasteiger partial charge in [-0.25, -0.2) is 0 Å². The number of benzene rings is 2. The lowest BCUT2D eigenvalue weighted by atomic mass is 10.1. The molecule has 5 nitrogen and oxygen atoms in total. The molecular formula is C22H15Cl3F3N3O2. The van der Waals surface area contributed by atoms with Crippen LogP contribution in [0.3, 0.4) is 0 Å². The van der Waals surface area contributed by atoms with Gasteiger partial charge < -0.3 is 10.6 Å². The van der Waals surface area contributed by atoms with Gasteiger partial charge in [0.15, 0.2) is 0 Å². The lowest BCUT2D eigenvalue weighted by molar-refractivity contribution is -0.137. The maximum atomic E-state index is 12.8. The van der Waals surface area contributed by atoms with Crippen molar-refractivity contribution in [3.63, 3.8) is 0 Å². The molecule has 0 radical (unpaired) electrons. The molecular weight excluding hydrogens is 502 g/mol. The lowest BCUT2D eigenvalue weighted by Crippen LogP contribution is -2.35. The van der Waals surface area contributed by atoms with Crippen LogP contribution >= 0.6 is 34.8 Å². The van der Waals surface area contributed by atoms with E-state index in [-0.39, 0.29) is 16.3 Å². The molecule has 0 spiro atoms. The second-order valence-electron chi connectivity index (χ2n) is 8.08. The number of anilines is 1. The number of rotatable bonds is 5. The first-order valence-electron chi connectivity index (χ1n) is 9.77. The maximum absolute atomic E-state index is 12.8. The van der Waals surface area contributed by atoms with Crippen molar-refractivity contribution in [2.75, 3.05) is 5.32 Å². The number of hydrogen-bond acceptors (Lipinski definition) is 3. The predicted octanol–water partition coefficient (Wildman–Crippen LogP) is 5.67. The third kappa shape index (κ3) is 4.63. The summed E-state index contributed by atoms with van der Waals surface area (Å²) in [5.41, 5.74) is -0.985. The number of halogens is 6. The largest absolute Gasteiger partial charge is 0.416 e. The topological polar surface area (TPSA) is 82.0 Å². The van der Waals surface area contributed by atoms with Gasteiger partial charge in [-0.15, -0.1) is 23.2 Å². The molecule has 172 valence electrons. The molecule has 2 aliphatic rings. The number of carbonyl (C=O) groups excluding carboxylic acids is 2. The van der Waals surface area contributed by atoms with Gasteiger partial charge >= 0.3 is 6.18 Å². The first kappa shape index (κ1) is 23.7. The standard InChI is InChI=1S/C22H15Cl3F3N3O2/c23-15-6-5-13(9-14(15)18(32)31-20(10-29)7-8-20)30-19(33)17-16(21(17,24)25)11-1-3-12(4-2-11)22(26,27)28/h1-6,9,16-17H,7-8H2,(H,30,33)(H,31,32). The second kappa shape index (κ2) is 8.08. The summed E-state index contributed by atoms with van der Waals surface area (Å²) in [4.78, 5) is 25.3. The van der Waals surface area contributed by atoms with E-state index in [2.05, 4.69) is 10.6 Å². The summed E-state index contributed by atoms with van der Waals surface area (Å²) in [6, 6.07) is 10.6. The molecule has 2 fully saturated rings. The Morgan fingerprint density at radius 3 is 2.27 bits per heavy atom. The Kier molecular flexibility index (Phi) is 5.80. The lowest BCUT2D eigenvalue weighted by Gasteiger charge is -2.12. The molecule has 2 aromatic carbocycles. The van der Waals surface area contributed by atoms with Crippen LogP contribution in [0, 0.1) is 17.2 Å². The van der Waals surface area contributed by atoms with Crippen LogP contribution in [-0.2, 0) is 11.0 Å². The minimum Gasteiger partial charge on any atom is -0.334 e. The summed E-state index contributed by atoms with van der Waals surface area (Å²) in [5.74, 6) is -2.73. The van der Waals surface area contributed by atoms with Crippen LogP contribution in [0.5, 0.6) is 0 Å². The fourth-order valence-corrected chi connectivity index (χ4v) is 4.65. The van der Waals surface area contributed by atoms with Crippen LogP contribution in [-0.4, -0.2) is 21.7 Å². The molecule has 2 amide bonds. The van der Waals surface area contributed by atoms with Crippen molar-refractivity contribution in [3.8, 4) is 6.07 Å². The van der Waals surface area contributed by atoms with Gasteiger partial charge in [-0.3, -0.25) is 9.59 Å². The highest BCUT2D eigenvalue weighted by Gasteiger charge is 2.67. The Morgan fingerprint density at radius 2 is 1.73 bits per heavy atom. The Labute approximate surface area is 201 Å². The fraction of sp³-hybridized carbons (Fsp3) is 0.318. The van der Waals surface area contributed by atoms with E-state index in [1.807, 2.05) is 6.07 Å². The Hall–Kier alpha value is -2.47. The third-order valence-corrected chi connectivity index (χ3v) is 7.00. The Bertz CT molecular complexity index is 1170. The molecule has 0 heterocycles. The van der Waals surface area contributed by atoms with Crippen LogP contribution in [0.15, 0.2) is 42.5 Å². The highest BCUT2D eigenvalue weighted by Crippen LogP contribution is 2.65. The molecule has 2 aromatic rings. The summed E-state index contributed by atoms with van der Waals surface area (Å²) in [6.45, 7) is 0. The van der Waals surface area contributed by atoms with E-state index in [1.165, 1.54) is 30.3 Å². The highest BCUT2D eigenvalue weighted by molar-refractivity contribution is 6.53. The molecule has 0 saturated heterocycles. The van der Waals surface area contributed by atoms with E-state index in [0.717, 1.165) is 12.1 Å². The van der Waals surface area contributed by atoms with Crippen molar-refractivity contribution in [1.29, 1.82) is 5.26 Å². The minimum atomic E-state index is -4.48. The average Bonchev–Trinajstić information content (AvgIpc) is 3.63. The average molecular weight is 517 g/mol. The minimum absolute atomic E-state index is 0.0779. The number of alkyl halides is 5. The van der Waals surface area contributed by atoms with Crippen LogP contribution < -0.4 is 10.6 Å². The molecule has 4 rings (SSSR count). The van der Waals surface area contributed by atoms with E-state index in [1.54, 1.807) is 0 Å². The van der Waals surface area contributed by atoms with Crippen molar-refractivity contribution in [3.05, 3.63) is 64.2 Å². The number of carbonyl (C=O) groups is 2.